The molecule has 1 N–H and O–H groups in total. The Hall–Kier alpha value is -2.77. The summed E-state index contributed by atoms with van der Waals surface area (Å²) in [5.74, 6) is -0.220. The lowest BCUT2D eigenvalue weighted by Gasteiger charge is -2.30. The molecule has 168 valence electrons. The van der Waals surface area contributed by atoms with Gasteiger partial charge in [-0.25, -0.2) is 8.42 Å². The molecule has 0 unspecified atom stereocenters. The molecule has 0 radical (unpaired) electrons. The van der Waals surface area contributed by atoms with E-state index in [-0.39, 0.29) is 16.8 Å². The number of amides is 1. The lowest BCUT2D eigenvalue weighted by molar-refractivity contribution is 0.0954. The quantitative estimate of drug-likeness (QED) is 0.585. The summed E-state index contributed by atoms with van der Waals surface area (Å²) in [5.41, 5.74) is 2.47. The van der Waals surface area contributed by atoms with Crippen LogP contribution in [0.5, 0.6) is 0 Å². The van der Waals surface area contributed by atoms with Gasteiger partial charge in [-0.15, -0.1) is 0 Å². The van der Waals surface area contributed by atoms with Gasteiger partial charge in [0.15, 0.2) is 0 Å². The number of rotatable bonds is 7. The van der Waals surface area contributed by atoms with Crippen molar-refractivity contribution in [2.24, 2.45) is 0 Å². The fourth-order valence-corrected chi connectivity index (χ4v) is 5.78. The molecular weight excluding hydrogens is 422 g/mol. The first kappa shape index (κ1) is 22.4. The largest absolute Gasteiger partial charge is 0.352 e. The SMILES string of the molecule is CN(C1CCCCC1)S(=O)(=O)c1ccc(C(=O)NCCc2cccc3cccnc23)cc1. The van der Waals surface area contributed by atoms with Crippen LogP contribution in [0, 0.1) is 0 Å². The molecule has 2 aromatic carbocycles. The van der Waals surface area contributed by atoms with E-state index in [1.54, 1.807) is 25.4 Å². The second-order valence-electron chi connectivity index (χ2n) is 8.34. The fraction of sp³-hybridized carbons (Fsp3) is 0.360. The summed E-state index contributed by atoms with van der Waals surface area (Å²) >= 11 is 0. The zero-order chi connectivity index (χ0) is 22.6. The van der Waals surface area contributed by atoms with Crippen LogP contribution in [0.25, 0.3) is 10.9 Å². The lowest BCUT2D eigenvalue weighted by Crippen LogP contribution is -2.38. The molecule has 4 rings (SSSR count). The van der Waals surface area contributed by atoms with E-state index in [0.717, 1.165) is 42.1 Å². The first-order chi connectivity index (χ1) is 15.5. The highest BCUT2D eigenvalue weighted by molar-refractivity contribution is 7.89. The van der Waals surface area contributed by atoms with Crippen molar-refractivity contribution in [3.63, 3.8) is 0 Å². The van der Waals surface area contributed by atoms with E-state index in [1.807, 2.05) is 30.3 Å². The van der Waals surface area contributed by atoms with E-state index in [0.29, 0.717) is 18.5 Å². The molecule has 0 saturated heterocycles. The molecule has 0 atom stereocenters. The average Bonchev–Trinajstić information content (AvgIpc) is 2.84. The third kappa shape index (κ3) is 4.84. The van der Waals surface area contributed by atoms with Crippen molar-refractivity contribution >= 4 is 26.8 Å². The molecule has 1 amide bonds. The van der Waals surface area contributed by atoms with Crippen molar-refractivity contribution in [3.05, 3.63) is 71.9 Å². The van der Waals surface area contributed by atoms with Crippen LogP contribution in [0.3, 0.4) is 0 Å². The van der Waals surface area contributed by atoms with Crippen molar-refractivity contribution in [2.45, 2.75) is 49.5 Å². The van der Waals surface area contributed by atoms with Crippen LogP contribution in [0.1, 0.15) is 48.0 Å². The van der Waals surface area contributed by atoms with E-state index in [1.165, 1.54) is 22.9 Å². The number of pyridine rings is 1. The van der Waals surface area contributed by atoms with Gasteiger partial charge in [0.1, 0.15) is 0 Å². The fourth-order valence-electron chi connectivity index (χ4n) is 4.37. The Balaban J connectivity index is 1.37. The van der Waals surface area contributed by atoms with Gasteiger partial charge in [-0.2, -0.15) is 4.31 Å². The zero-order valence-corrected chi connectivity index (χ0v) is 19.1. The third-order valence-corrected chi connectivity index (χ3v) is 8.20. The second-order valence-corrected chi connectivity index (χ2v) is 10.3. The Morgan fingerprint density at radius 3 is 2.50 bits per heavy atom. The summed E-state index contributed by atoms with van der Waals surface area (Å²) in [6.45, 7) is 0.471. The number of benzene rings is 2. The second kappa shape index (κ2) is 9.79. The van der Waals surface area contributed by atoms with Crippen molar-refractivity contribution in [1.82, 2.24) is 14.6 Å². The van der Waals surface area contributed by atoms with Crippen LogP contribution in [0.15, 0.2) is 65.7 Å². The number of para-hydroxylation sites is 1. The maximum absolute atomic E-state index is 13.0. The Labute approximate surface area is 189 Å². The number of aromatic nitrogens is 1. The van der Waals surface area contributed by atoms with E-state index < -0.39 is 10.0 Å². The van der Waals surface area contributed by atoms with Gasteiger partial charge in [0.25, 0.3) is 5.91 Å². The number of hydrogen-bond donors (Lipinski definition) is 1. The smallest absolute Gasteiger partial charge is 0.251 e. The van der Waals surface area contributed by atoms with Gasteiger partial charge in [-0.05, 0) is 55.2 Å². The molecule has 7 heteroatoms. The minimum Gasteiger partial charge on any atom is -0.352 e. The number of fused-ring (bicyclic) bond motifs is 1. The van der Waals surface area contributed by atoms with Crippen LogP contribution in [-0.2, 0) is 16.4 Å². The molecule has 1 aliphatic carbocycles. The Bertz CT molecular complexity index is 1180. The van der Waals surface area contributed by atoms with E-state index in [9.17, 15) is 13.2 Å². The van der Waals surface area contributed by atoms with Gasteiger partial charge < -0.3 is 5.32 Å². The van der Waals surface area contributed by atoms with E-state index in [4.69, 9.17) is 0 Å². The highest BCUT2D eigenvalue weighted by Gasteiger charge is 2.29. The topological polar surface area (TPSA) is 79.4 Å². The van der Waals surface area contributed by atoms with Gasteiger partial charge in [-0.3, -0.25) is 9.78 Å². The molecule has 1 aromatic heterocycles. The van der Waals surface area contributed by atoms with Gasteiger partial charge in [0, 0.05) is 36.8 Å². The molecule has 32 heavy (non-hydrogen) atoms. The van der Waals surface area contributed by atoms with E-state index >= 15 is 0 Å². The monoisotopic (exact) mass is 451 g/mol. The van der Waals surface area contributed by atoms with Gasteiger partial charge >= 0.3 is 0 Å². The minimum atomic E-state index is -3.56. The summed E-state index contributed by atoms with van der Waals surface area (Å²) in [6.07, 6.45) is 7.55. The Kier molecular flexibility index (Phi) is 6.86. The standard InChI is InChI=1S/C25H29N3O3S/c1-28(22-10-3-2-4-11-22)32(30,31)23-14-12-21(13-15-23)25(29)27-18-16-20-8-5-7-19-9-6-17-26-24(19)20/h5-9,12-15,17,22H,2-4,10-11,16,18H2,1H3,(H,27,29). The van der Waals surface area contributed by atoms with Crippen LogP contribution in [0.4, 0.5) is 0 Å². The van der Waals surface area contributed by atoms with Crippen LogP contribution in [-0.4, -0.2) is 43.2 Å². The van der Waals surface area contributed by atoms with Gasteiger partial charge in [-0.1, -0.05) is 43.5 Å². The number of carbonyl (C=O) groups is 1. The number of nitrogens with one attached hydrogen (secondary N) is 1. The number of carbonyl (C=O) groups excluding carboxylic acids is 1. The summed E-state index contributed by atoms with van der Waals surface area (Å²) in [4.78, 5) is 17.2. The Morgan fingerprint density at radius 2 is 1.75 bits per heavy atom. The first-order valence-corrected chi connectivity index (χ1v) is 12.6. The highest BCUT2D eigenvalue weighted by atomic mass is 32.2. The van der Waals surface area contributed by atoms with Gasteiger partial charge in [0.05, 0.1) is 10.4 Å². The molecule has 0 spiro atoms. The van der Waals surface area contributed by atoms with Crippen molar-refractivity contribution in [1.29, 1.82) is 0 Å². The minimum absolute atomic E-state index is 0.0558. The summed E-state index contributed by atoms with van der Waals surface area (Å²) in [7, 11) is -1.90. The molecule has 1 fully saturated rings. The maximum Gasteiger partial charge on any atom is 0.251 e. The molecule has 0 aliphatic heterocycles. The molecule has 6 nitrogen and oxygen atoms in total. The van der Waals surface area contributed by atoms with Crippen molar-refractivity contribution in [2.75, 3.05) is 13.6 Å². The summed E-state index contributed by atoms with van der Waals surface area (Å²) < 4.78 is 27.4. The third-order valence-electron chi connectivity index (χ3n) is 6.28. The van der Waals surface area contributed by atoms with Crippen LogP contribution < -0.4 is 5.32 Å². The van der Waals surface area contributed by atoms with Gasteiger partial charge in [0.2, 0.25) is 10.0 Å². The zero-order valence-electron chi connectivity index (χ0n) is 18.3. The molecule has 0 bridgehead atoms. The Morgan fingerprint density at radius 1 is 1.03 bits per heavy atom. The van der Waals surface area contributed by atoms with Crippen LogP contribution in [0.2, 0.25) is 0 Å². The predicted molar refractivity (Wildman–Crippen MR) is 126 cm³/mol. The number of hydrogen-bond acceptors (Lipinski definition) is 4. The molecule has 1 aliphatic rings. The van der Waals surface area contributed by atoms with Crippen molar-refractivity contribution < 1.29 is 13.2 Å². The molecular formula is C25H29N3O3S. The number of nitrogens with zero attached hydrogens (tertiary/aromatic N) is 2. The molecule has 3 aromatic rings. The summed E-state index contributed by atoms with van der Waals surface area (Å²) in [6, 6.07) is 16.2. The summed E-state index contributed by atoms with van der Waals surface area (Å²) in [5, 5.41) is 3.99. The lowest BCUT2D eigenvalue weighted by atomic mass is 9.96. The molecule has 1 saturated carbocycles. The number of sulfonamides is 1. The normalized spacial score (nSPS) is 15.2. The van der Waals surface area contributed by atoms with Crippen LogP contribution >= 0.6 is 0 Å². The first-order valence-electron chi connectivity index (χ1n) is 11.2. The molecule has 1 heterocycles. The maximum atomic E-state index is 13.0. The average molecular weight is 452 g/mol. The van der Waals surface area contributed by atoms with Crippen molar-refractivity contribution in [3.8, 4) is 0 Å². The predicted octanol–water partition coefficient (Wildman–Crippen LogP) is 4.16. The highest BCUT2D eigenvalue weighted by Crippen LogP contribution is 2.26. The van der Waals surface area contributed by atoms with E-state index in [2.05, 4.69) is 10.3 Å².